The minimum atomic E-state index is 0.324. The van der Waals surface area contributed by atoms with Gasteiger partial charge in [0.1, 0.15) is 12.4 Å². The molecule has 0 saturated heterocycles. The number of thiophene rings is 1. The lowest BCUT2D eigenvalue weighted by Crippen LogP contribution is -2.12. The fourth-order valence-corrected chi connectivity index (χ4v) is 2.62. The third-order valence-corrected chi connectivity index (χ3v) is 4.01. The molecule has 2 rings (SSSR count). The van der Waals surface area contributed by atoms with E-state index >= 15 is 0 Å². The van der Waals surface area contributed by atoms with Crippen LogP contribution in [0, 0.1) is 0 Å². The van der Waals surface area contributed by atoms with Crippen LogP contribution in [0.1, 0.15) is 23.4 Å². The van der Waals surface area contributed by atoms with Crippen LogP contribution in [0.3, 0.4) is 0 Å². The Morgan fingerprint density at radius 1 is 1.33 bits per heavy atom. The van der Waals surface area contributed by atoms with E-state index in [1.54, 1.807) is 11.3 Å². The molecule has 1 atom stereocenters. The summed E-state index contributed by atoms with van der Waals surface area (Å²) in [6.45, 7) is 2.69. The maximum absolute atomic E-state index is 5.88. The number of ether oxygens (including phenoxy) is 1. The zero-order valence-electron chi connectivity index (χ0n) is 10.4. The second-order valence-electron chi connectivity index (χ2n) is 4.08. The van der Waals surface area contributed by atoms with Crippen LogP contribution in [-0.4, -0.2) is 7.05 Å². The van der Waals surface area contributed by atoms with Crippen molar-refractivity contribution in [3.63, 3.8) is 0 Å². The van der Waals surface area contributed by atoms with E-state index in [-0.39, 0.29) is 0 Å². The van der Waals surface area contributed by atoms with E-state index in [4.69, 9.17) is 16.3 Å². The summed E-state index contributed by atoms with van der Waals surface area (Å²) < 4.78 is 6.56. The van der Waals surface area contributed by atoms with E-state index in [0.717, 1.165) is 15.0 Å². The first-order chi connectivity index (χ1) is 8.69. The molecule has 1 heterocycles. The number of hydrogen-bond donors (Lipinski definition) is 1. The highest BCUT2D eigenvalue weighted by Gasteiger charge is 2.04. The summed E-state index contributed by atoms with van der Waals surface area (Å²) >= 11 is 7.43. The summed E-state index contributed by atoms with van der Waals surface area (Å²) in [5.41, 5.74) is 1.22. The van der Waals surface area contributed by atoms with Crippen LogP contribution >= 0.6 is 22.9 Å². The van der Waals surface area contributed by atoms with Crippen molar-refractivity contribution in [2.75, 3.05) is 7.05 Å². The predicted octanol–water partition coefficient (Wildman–Crippen LogP) is 4.26. The van der Waals surface area contributed by atoms with Gasteiger partial charge in [0.15, 0.2) is 0 Å². The third-order valence-electron chi connectivity index (χ3n) is 2.80. The molecule has 0 radical (unpaired) electrons. The molecule has 18 heavy (non-hydrogen) atoms. The van der Waals surface area contributed by atoms with Crippen LogP contribution in [0.15, 0.2) is 36.4 Å². The van der Waals surface area contributed by atoms with E-state index < -0.39 is 0 Å². The van der Waals surface area contributed by atoms with Crippen LogP contribution in [0.2, 0.25) is 4.34 Å². The largest absolute Gasteiger partial charge is 0.488 e. The van der Waals surface area contributed by atoms with Gasteiger partial charge in [-0.3, -0.25) is 0 Å². The average Bonchev–Trinajstić information content (AvgIpc) is 2.81. The summed E-state index contributed by atoms with van der Waals surface area (Å²) in [4.78, 5) is 1.13. The van der Waals surface area contributed by atoms with Crippen molar-refractivity contribution in [3.8, 4) is 5.75 Å². The minimum Gasteiger partial charge on any atom is -0.488 e. The van der Waals surface area contributed by atoms with Crippen LogP contribution in [0.4, 0.5) is 0 Å². The third kappa shape index (κ3) is 3.48. The van der Waals surface area contributed by atoms with Gasteiger partial charge < -0.3 is 10.1 Å². The Bertz CT molecular complexity index is 512. The normalized spacial score (nSPS) is 12.4. The fourth-order valence-electron chi connectivity index (χ4n) is 1.62. The number of hydrogen-bond acceptors (Lipinski definition) is 3. The molecule has 1 N–H and O–H groups in total. The highest BCUT2D eigenvalue weighted by atomic mass is 35.5. The number of nitrogens with one attached hydrogen (secondary N) is 1. The van der Waals surface area contributed by atoms with Gasteiger partial charge >= 0.3 is 0 Å². The molecule has 0 saturated carbocycles. The Balaban J connectivity index is 2.01. The van der Waals surface area contributed by atoms with E-state index in [1.807, 2.05) is 31.3 Å². The Hall–Kier alpha value is -1.03. The van der Waals surface area contributed by atoms with Crippen LogP contribution in [0.25, 0.3) is 0 Å². The maximum atomic E-state index is 5.88. The molecule has 0 aliphatic heterocycles. The topological polar surface area (TPSA) is 21.3 Å². The standard InChI is InChI=1S/C14H16ClNOS/c1-10(16-2)11-4-3-5-12(8-11)17-9-13-6-7-14(15)18-13/h3-8,10,16H,9H2,1-2H3. The molecule has 0 aliphatic rings. The van der Waals surface area contributed by atoms with E-state index in [9.17, 15) is 0 Å². The SMILES string of the molecule is CNC(C)c1cccc(OCc2ccc(Cl)s2)c1. The Morgan fingerprint density at radius 3 is 2.83 bits per heavy atom. The Morgan fingerprint density at radius 2 is 2.17 bits per heavy atom. The first kappa shape index (κ1) is 13.4. The van der Waals surface area contributed by atoms with Crippen LogP contribution in [-0.2, 0) is 6.61 Å². The summed E-state index contributed by atoms with van der Waals surface area (Å²) in [6, 6.07) is 12.4. The van der Waals surface area contributed by atoms with Crippen molar-refractivity contribution < 1.29 is 4.74 Å². The van der Waals surface area contributed by atoms with Gasteiger partial charge in [0.05, 0.1) is 4.34 Å². The smallest absolute Gasteiger partial charge is 0.122 e. The molecule has 4 heteroatoms. The second kappa shape index (κ2) is 6.23. The summed E-state index contributed by atoms with van der Waals surface area (Å²) in [7, 11) is 1.95. The highest BCUT2D eigenvalue weighted by Crippen LogP contribution is 2.24. The van der Waals surface area contributed by atoms with E-state index in [2.05, 4.69) is 24.4 Å². The first-order valence-corrected chi connectivity index (χ1v) is 7.02. The van der Waals surface area contributed by atoms with Gasteiger partial charge in [-0.2, -0.15) is 0 Å². The zero-order chi connectivity index (χ0) is 13.0. The van der Waals surface area contributed by atoms with Crippen molar-refractivity contribution in [1.29, 1.82) is 0 Å². The minimum absolute atomic E-state index is 0.324. The van der Waals surface area contributed by atoms with Gasteiger partial charge in [-0.25, -0.2) is 0 Å². The number of benzene rings is 1. The molecule has 0 spiro atoms. The average molecular weight is 282 g/mol. The number of rotatable bonds is 5. The Kier molecular flexibility index (Phi) is 4.64. The molecule has 1 aromatic carbocycles. The summed E-state index contributed by atoms with van der Waals surface area (Å²) in [5.74, 6) is 0.888. The fraction of sp³-hybridized carbons (Fsp3) is 0.286. The molecule has 0 fully saturated rings. The van der Waals surface area contributed by atoms with Gasteiger partial charge in [-0.05, 0) is 43.8 Å². The van der Waals surface area contributed by atoms with E-state index in [1.165, 1.54) is 5.56 Å². The summed E-state index contributed by atoms with van der Waals surface area (Å²) in [5, 5.41) is 3.21. The zero-order valence-corrected chi connectivity index (χ0v) is 12.0. The highest BCUT2D eigenvalue weighted by molar-refractivity contribution is 7.16. The summed E-state index contributed by atoms with van der Waals surface area (Å²) in [6.07, 6.45) is 0. The molecular formula is C14H16ClNOS. The van der Waals surface area contributed by atoms with E-state index in [0.29, 0.717) is 12.6 Å². The monoisotopic (exact) mass is 281 g/mol. The van der Waals surface area contributed by atoms with Crippen molar-refractivity contribution in [1.82, 2.24) is 5.32 Å². The second-order valence-corrected chi connectivity index (χ2v) is 5.88. The molecule has 0 aliphatic carbocycles. The molecular weight excluding hydrogens is 266 g/mol. The molecule has 0 amide bonds. The molecule has 96 valence electrons. The first-order valence-electron chi connectivity index (χ1n) is 5.83. The van der Waals surface area contributed by atoms with Crippen LogP contribution < -0.4 is 10.1 Å². The predicted molar refractivity (Wildman–Crippen MR) is 77.6 cm³/mol. The maximum Gasteiger partial charge on any atom is 0.122 e. The lowest BCUT2D eigenvalue weighted by molar-refractivity contribution is 0.309. The van der Waals surface area contributed by atoms with Crippen molar-refractivity contribution in [2.24, 2.45) is 0 Å². The lowest BCUT2D eigenvalue weighted by Gasteiger charge is -2.12. The lowest BCUT2D eigenvalue weighted by atomic mass is 10.1. The number of halogens is 1. The molecule has 2 aromatic rings. The van der Waals surface area contributed by atoms with Gasteiger partial charge in [-0.1, -0.05) is 23.7 Å². The Labute approximate surface area is 117 Å². The molecule has 0 bridgehead atoms. The molecule has 1 aromatic heterocycles. The van der Waals surface area contributed by atoms with Gasteiger partial charge in [0, 0.05) is 10.9 Å². The molecule has 1 unspecified atom stereocenters. The van der Waals surface area contributed by atoms with Crippen LogP contribution in [0.5, 0.6) is 5.75 Å². The van der Waals surface area contributed by atoms with Gasteiger partial charge in [0.25, 0.3) is 0 Å². The van der Waals surface area contributed by atoms with Crippen molar-refractivity contribution >= 4 is 22.9 Å². The quantitative estimate of drug-likeness (QED) is 0.884. The molecule has 2 nitrogen and oxygen atoms in total. The van der Waals surface area contributed by atoms with Gasteiger partial charge in [-0.15, -0.1) is 11.3 Å². The van der Waals surface area contributed by atoms with Gasteiger partial charge in [0.2, 0.25) is 0 Å². The van der Waals surface area contributed by atoms with Crippen molar-refractivity contribution in [2.45, 2.75) is 19.6 Å². The van der Waals surface area contributed by atoms with Crippen molar-refractivity contribution in [3.05, 3.63) is 51.2 Å².